The summed E-state index contributed by atoms with van der Waals surface area (Å²) in [5, 5.41) is 13.8. The van der Waals surface area contributed by atoms with Crippen LogP contribution in [0, 0.1) is 0 Å². The number of benzene rings is 2. The van der Waals surface area contributed by atoms with Crippen LogP contribution < -0.4 is 10.2 Å². The number of hydrazone groups is 1. The van der Waals surface area contributed by atoms with Gasteiger partial charge in [-0.25, -0.2) is 5.43 Å². The molecule has 0 radical (unpaired) electrons. The Morgan fingerprint density at radius 2 is 2.14 bits per heavy atom. The molecule has 0 atom stereocenters. The highest BCUT2D eigenvalue weighted by molar-refractivity contribution is 6.30. The average molecular weight is 305 g/mol. The Balaban J connectivity index is 2.04. The third-order valence-electron chi connectivity index (χ3n) is 2.67. The molecule has 0 saturated heterocycles. The molecule has 5 nitrogen and oxygen atoms in total. The summed E-state index contributed by atoms with van der Waals surface area (Å²) in [6.07, 6.45) is 1.45. The minimum absolute atomic E-state index is 0.0395. The molecule has 0 unspecified atom stereocenters. The molecule has 108 valence electrons. The Morgan fingerprint density at radius 1 is 1.33 bits per heavy atom. The van der Waals surface area contributed by atoms with E-state index in [-0.39, 0.29) is 11.7 Å². The number of nitrogens with zero attached hydrogens (tertiary/aromatic N) is 1. The summed E-state index contributed by atoms with van der Waals surface area (Å²) in [5.74, 6) is 0.0113. The normalized spacial score (nSPS) is 10.6. The maximum Gasteiger partial charge on any atom is 0.271 e. The van der Waals surface area contributed by atoms with Crippen LogP contribution in [0.15, 0.2) is 47.6 Å². The zero-order valence-corrected chi connectivity index (χ0v) is 12.0. The van der Waals surface area contributed by atoms with E-state index in [1.54, 1.807) is 36.4 Å². The van der Waals surface area contributed by atoms with Gasteiger partial charge in [0.05, 0.1) is 13.3 Å². The van der Waals surface area contributed by atoms with Gasteiger partial charge in [-0.2, -0.15) is 5.10 Å². The molecule has 0 spiro atoms. The molecule has 2 aromatic rings. The predicted molar refractivity (Wildman–Crippen MR) is 81.2 cm³/mol. The van der Waals surface area contributed by atoms with Crippen LogP contribution in [-0.4, -0.2) is 24.3 Å². The molecule has 2 rings (SSSR count). The first-order valence-electron chi connectivity index (χ1n) is 6.06. The highest BCUT2D eigenvalue weighted by Crippen LogP contribution is 2.25. The van der Waals surface area contributed by atoms with Gasteiger partial charge in [0, 0.05) is 10.6 Å². The van der Waals surface area contributed by atoms with E-state index in [1.165, 1.54) is 19.4 Å². The second kappa shape index (κ2) is 6.76. The largest absolute Gasteiger partial charge is 0.504 e. The van der Waals surface area contributed by atoms with Crippen molar-refractivity contribution < 1.29 is 14.6 Å². The van der Waals surface area contributed by atoms with Crippen LogP contribution in [0.25, 0.3) is 0 Å². The zero-order chi connectivity index (χ0) is 15.2. The van der Waals surface area contributed by atoms with Crippen LogP contribution in [0.2, 0.25) is 5.02 Å². The van der Waals surface area contributed by atoms with Crippen molar-refractivity contribution in [3.05, 3.63) is 58.6 Å². The van der Waals surface area contributed by atoms with Crippen molar-refractivity contribution in [2.45, 2.75) is 0 Å². The van der Waals surface area contributed by atoms with Crippen molar-refractivity contribution in [1.82, 2.24) is 5.43 Å². The Kier molecular flexibility index (Phi) is 4.79. The van der Waals surface area contributed by atoms with E-state index >= 15 is 0 Å². The molecule has 0 heterocycles. The number of amides is 1. The van der Waals surface area contributed by atoms with Crippen molar-refractivity contribution in [3.63, 3.8) is 0 Å². The molecular weight excluding hydrogens is 292 g/mol. The number of rotatable bonds is 4. The number of hydrogen-bond donors (Lipinski definition) is 2. The Bertz CT molecular complexity index is 686. The lowest BCUT2D eigenvalue weighted by Gasteiger charge is -2.03. The Hall–Kier alpha value is -2.53. The highest BCUT2D eigenvalue weighted by Gasteiger charge is 2.04. The lowest BCUT2D eigenvalue weighted by Crippen LogP contribution is -2.17. The van der Waals surface area contributed by atoms with Gasteiger partial charge >= 0.3 is 0 Å². The van der Waals surface area contributed by atoms with E-state index in [2.05, 4.69) is 10.5 Å². The standard InChI is InChI=1S/C15H13ClN2O3/c1-21-14-7-10(5-6-13(14)19)9-17-18-15(20)11-3-2-4-12(16)8-11/h2-9,19H,1H3,(H,18,20)/b17-9-. The molecule has 1 amide bonds. The molecule has 6 heteroatoms. The van der Waals surface area contributed by atoms with Gasteiger partial charge in [-0.15, -0.1) is 0 Å². The summed E-state index contributed by atoms with van der Waals surface area (Å²) in [7, 11) is 1.46. The topological polar surface area (TPSA) is 70.9 Å². The van der Waals surface area contributed by atoms with Crippen molar-refractivity contribution in [1.29, 1.82) is 0 Å². The van der Waals surface area contributed by atoms with Gasteiger partial charge in [0.15, 0.2) is 11.5 Å². The predicted octanol–water partition coefficient (Wildman–Crippen LogP) is 2.82. The van der Waals surface area contributed by atoms with Gasteiger partial charge in [0.25, 0.3) is 5.91 Å². The molecule has 0 bridgehead atoms. The molecule has 21 heavy (non-hydrogen) atoms. The van der Waals surface area contributed by atoms with Crippen LogP contribution in [-0.2, 0) is 0 Å². The van der Waals surface area contributed by atoms with Crippen molar-refractivity contribution >= 4 is 23.7 Å². The van der Waals surface area contributed by atoms with Crippen molar-refractivity contribution in [3.8, 4) is 11.5 Å². The fraction of sp³-hybridized carbons (Fsp3) is 0.0667. The second-order valence-electron chi connectivity index (χ2n) is 4.14. The fourth-order valence-corrected chi connectivity index (χ4v) is 1.82. The SMILES string of the molecule is COc1cc(/C=N\NC(=O)c2cccc(Cl)c2)ccc1O. The van der Waals surface area contributed by atoms with Crippen LogP contribution >= 0.6 is 11.6 Å². The number of nitrogens with one attached hydrogen (secondary N) is 1. The third kappa shape index (κ3) is 3.97. The minimum Gasteiger partial charge on any atom is -0.504 e. The number of hydrogen-bond acceptors (Lipinski definition) is 4. The molecule has 0 fully saturated rings. The van der Waals surface area contributed by atoms with E-state index in [1.807, 2.05) is 0 Å². The quantitative estimate of drug-likeness (QED) is 0.674. The Morgan fingerprint density at radius 3 is 2.86 bits per heavy atom. The first kappa shape index (κ1) is 14.9. The van der Waals surface area contributed by atoms with Crippen molar-refractivity contribution in [2.24, 2.45) is 5.10 Å². The summed E-state index contributed by atoms with van der Waals surface area (Å²) < 4.78 is 4.98. The number of phenolic OH excluding ortho intramolecular Hbond substituents is 1. The fourth-order valence-electron chi connectivity index (χ4n) is 1.63. The number of aromatic hydroxyl groups is 1. The average Bonchev–Trinajstić information content (AvgIpc) is 2.48. The maximum atomic E-state index is 11.8. The lowest BCUT2D eigenvalue weighted by atomic mass is 10.2. The summed E-state index contributed by atoms with van der Waals surface area (Å²) in [6.45, 7) is 0. The van der Waals surface area contributed by atoms with Gasteiger partial charge in [0.2, 0.25) is 0 Å². The van der Waals surface area contributed by atoms with Gasteiger partial charge in [-0.05, 0) is 42.0 Å². The first-order valence-corrected chi connectivity index (χ1v) is 6.44. The van der Waals surface area contributed by atoms with E-state index in [9.17, 15) is 9.90 Å². The van der Waals surface area contributed by atoms with E-state index in [0.717, 1.165) is 0 Å². The van der Waals surface area contributed by atoms with E-state index < -0.39 is 0 Å². The molecule has 0 aliphatic heterocycles. The van der Waals surface area contributed by atoms with Crippen LogP contribution in [0.5, 0.6) is 11.5 Å². The third-order valence-corrected chi connectivity index (χ3v) is 2.91. The first-order chi connectivity index (χ1) is 10.1. The summed E-state index contributed by atoms with van der Waals surface area (Å²) >= 11 is 5.81. The smallest absolute Gasteiger partial charge is 0.271 e. The van der Waals surface area contributed by atoms with E-state index in [4.69, 9.17) is 16.3 Å². The number of carbonyl (C=O) groups is 1. The molecule has 0 aliphatic rings. The summed E-state index contributed by atoms with van der Waals surface area (Å²) in [5.41, 5.74) is 3.49. The zero-order valence-electron chi connectivity index (χ0n) is 11.2. The Labute approximate surface area is 126 Å². The van der Waals surface area contributed by atoms with Gasteiger partial charge in [-0.1, -0.05) is 17.7 Å². The number of carbonyl (C=O) groups excluding carboxylic acids is 1. The molecule has 2 aromatic carbocycles. The van der Waals surface area contributed by atoms with E-state index in [0.29, 0.717) is 21.9 Å². The van der Waals surface area contributed by atoms with Gasteiger partial charge in [0.1, 0.15) is 0 Å². The number of halogens is 1. The van der Waals surface area contributed by atoms with Gasteiger partial charge < -0.3 is 9.84 Å². The number of methoxy groups -OCH3 is 1. The van der Waals surface area contributed by atoms with Crippen molar-refractivity contribution in [2.75, 3.05) is 7.11 Å². The van der Waals surface area contributed by atoms with Crippen LogP contribution in [0.1, 0.15) is 15.9 Å². The van der Waals surface area contributed by atoms with Crippen LogP contribution in [0.3, 0.4) is 0 Å². The summed E-state index contributed by atoms with van der Waals surface area (Å²) in [6, 6.07) is 11.3. The highest BCUT2D eigenvalue weighted by atomic mass is 35.5. The second-order valence-corrected chi connectivity index (χ2v) is 4.58. The van der Waals surface area contributed by atoms with Crippen LogP contribution in [0.4, 0.5) is 0 Å². The lowest BCUT2D eigenvalue weighted by molar-refractivity contribution is 0.0955. The maximum absolute atomic E-state index is 11.8. The monoisotopic (exact) mass is 304 g/mol. The molecule has 2 N–H and O–H groups in total. The summed E-state index contributed by atoms with van der Waals surface area (Å²) in [4.78, 5) is 11.8. The molecular formula is C15H13ClN2O3. The number of ether oxygens (including phenoxy) is 1. The minimum atomic E-state index is -0.362. The molecule has 0 aromatic heterocycles. The number of phenols is 1. The van der Waals surface area contributed by atoms with Gasteiger partial charge in [-0.3, -0.25) is 4.79 Å². The molecule has 0 aliphatic carbocycles. The molecule has 0 saturated carbocycles.